The number of fused-ring (bicyclic) bond motifs is 1. The number of non-ortho nitro benzene ring substituents is 1. The van der Waals surface area contributed by atoms with E-state index < -0.39 is 16.7 Å². The van der Waals surface area contributed by atoms with Crippen LogP contribution in [0, 0.1) is 10.1 Å². The third kappa shape index (κ3) is 2.01. The molecule has 0 saturated heterocycles. The van der Waals surface area contributed by atoms with Crippen LogP contribution >= 0.6 is 11.5 Å². The number of amides is 2. The van der Waals surface area contributed by atoms with Crippen LogP contribution in [0.25, 0.3) is 0 Å². The molecule has 2 amide bonds. The molecule has 0 aliphatic carbocycles. The number of nitro benzene ring substituents is 1. The number of anilines is 1. The molecule has 0 fully saturated rings. The Labute approximate surface area is 121 Å². The van der Waals surface area contributed by atoms with Gasteiger partial charge in [-0.25, -0.2) is 0 Å². The number of carbonyl (C=O) groups excluding carboxylic acids is 2. The highest BCUT2D eigenvalue weighted by molar-refractivity contribution is 7.09. The van der Waals surface area contributed by atoms with Crippen molar-refractivity contribution in [3.63, 3.8) is 0 Å². The average molecular weight is 305 g/mol. The Hall–Kier alpha value is -2.88. The van der Waals surface area contributed by atoms with Gasteiger partial charge in [-0.3, -0.25) is 24.6 Å². The summed E-state index contributed by atoms with van der Waals surface area (Å²) in [5.74, 6) is -1.14. The molecule has 1 aromatic heterocycles. The Morgan fingerprint density at radius 1 is 1.29 bits per heavy atom. The van der Waals surface area contributed by atoms with Crippen molar-refractivity contribution >= 4 is 34.0 Å². The predicted octanol–water partition coefficient (Wildman–Crippen LogP) is 0.825. The minimum absolute atomic E-state index is 0.0101. The Bertz CT molecular complexity index is 787. The fourth-order valence-corrected chi connectivity index (χ4v) is 2.45. The summed E-state index contributed by atoms with van der Waals surface area (Å²) in [6.45, 7) is -0.109. The number of carbonyl (C=O) groups is 2. The summed E-state index contributed by atoms with van der Waals surface area (Å²) in [6.07, 6.45) is 0. The molecule has 0 saturated carbocycles. The van der Waals surface area contributed by atoms with Gasteiger partial charge in [0, 0.05) is 23.7 Å². The van der Waals surface area contributed by atoms with Gasteiger partial charge in [0.25, 0.3) is 17.5 Å². The van der Waals surface area contributed by atoms with E-state index in [4.69, 9.17) is 5.73 Å². The van der Waals surface area contributed by atoms with Crippen LogP contribution in [0.3, 0.4) is 0 Å². The first-order valence-electron chi connectivity index (χ1n) is 5.70. The summed E-state index contributed by atoms with van der Waals surface area (Å²) < 4.78 is 3.63. The molecule has 3 rings (SSSR count). The minimum atomic E-state index is -0.622. The van der Waals surface area contributed by atoms with Gasteiger partial charge < -0.3 is 5.73 Å². The Morgan fingerprint density at radius 2 is 2.00 bits per heavy atom. The number of aromatic nitrogens is 2. The van der Waals surface area contributed by atoms with Crippen LogP contribution in [-0.2, 0) is 6.54 Å². The summed E-state index contributed by atoms with van der Waals surface area (Å²) in [5.41, 5.74) is 5.85. The quantitative estimate of drug-likeness (QED) is 0.504. The van der Waals surface area contributed by atoms with Gasteiger partial charge in [-0.05, 0) is 6.07 Å². The molecule has 0 spiro atoms. The highest BCUT2D eigenvalue weighted by Crippen LogP contribution is 2.28. The number of nitrogens with zero attached hydrogens (tertiary/aromatic N) is 4. The first-order valence-corrected chi connectivity index (χ1v) is 6.47. The minimum Gasteiger partial charge on any atom is -0.388 e. The first-order chi connectivity index (χ1) is 9.99. The lowest BCUT2D eigenvalue weighted by atomic mass is 10.1. The number of nitrogen functional groups attached to an aromatic ring is 1. The van der Waals surface area contributed by atoms with Gasteiger partial charge in [-0.2, -0.15) is 0 Å². The topological polar surface area (TPSA) is 132 Å². The van der Waals surface area contributed by atoms with Crippen LogP contribution in [-0.4, -0.2) is 31.2 Å². The summed E-state index contributed by atoms with van der Waals surface area (Å²) in [7, 11) is 0. The van der Waals surface area contributed by atoms with E-state index in [9.17, 15) is 19.7 Å². The average Bonchev–Trinajstić information content (AvgIpc) is 2.96. The molecule has 1 aromatic carbocycles. The normalized spacial score (nSPS) is 13.6. The van der Waals surface area contributed by atoms with E-state index in [1.165, 1.54) is 12.1 Å². The van der Waals surface area contributed by atoms with Gasteiger partial charge in [-0.15, -0.1) is 5.10 Å². The molecule has 2 aromatic rings. The van der Waals surface area contributed by atoms with Crippen molar-refractivity contribution in [1.82, 2.24) is 14.5 Å². The van der Waals surface area contributed by atoms with Gasteiger partial charge >= 0.3 is 0 Å². The SMILES string of the molecule is Nc1snnc1CN1C(=O)c2ccc([N+](=O)[O-])cc2C1=O. The van der Waals surface area contributed by atoms with Gasteiger partial charge in [0.05, 0.1) is 22.6 Å². The molecule has 9 nitrogen and oxygen atoms in total. The fourth-order valence-electron chi connectivity index (χ4n) is 2.01. The van der Waals surface area contributed by atoms with Gasteiger partial charge in [-0.1, -0.05) is 4.49 Å². The van der Waals surface area contributed by atoms with Crippen molar-refractivity contribution in [3.8, 4) is 0 Å². The molecule has 2 N–H and O–H groups in total. The highest BCUT2D eigenvalue weighted by Gasteiger charge is 2.37. The van der Waals surface area contributed by atoms with E-state index in [-0.39, 0.29) is 23.4 Å². The molecule has 10 heteroatoms. The Morgan fingerprint density at radius 3 is 2.62 bits per heavy atom. The van der Waals surface area contributed by atoms with E-state index in [1.54, 1.807) is 0 Å². The van der Waals surface area contributed by atoms with E-state index in [2.05, 4.69) is 9.59 Å². The van der Waals surface area contributed by atoms with Crippen molar-refractivity contribution in [2.24, 2.45) is 0 Å². The smallest absolute Gasteiger partial charge is 0.270 e. The largest absolute Gasteiger partial charge is 0.388 e. The lowest BCUT2D eigenvalue weighted by Crippen LogP contribution is -2.29. The van der Waals surface area contributed by atoms with Crippen LogP contribution in [0.2, 0.25) is 0 Å². The number of nitrogens with two attached hydrogens (primary N) is 1. The highest BCUT2D eigenvalue weighted by atomic mass is 32.1. The van der Waals surface area contributed by atoms with Crippen LogP contribution in [0.4, 0.5) is 10.7 Å². The van der Waals surface area contributed by atoms with E-state index in [0.717, 1.165) is 22.5 Å². The van der Waals surface area contributed by atoms with Crippen molar-refractivity contribution in [2.45, 2.75) is 6.54 Å². The van der Waals surface area contributed by atoms with Crippen LogP contribution in [0.1, 0.15) is 26.4 Å². The van der Waals surface area contributed by atoms with E-state index >= 15 is 0 Å². The maximum atomic E-state index is 12.2. The second-order valence-corrected chi connectivity index (χ2v) is 5.05. The maximum Gasteiger partial charge on any atom is 0.270 e. The van der Waals surface area contributed by atoms with Crippen molar-refractivity contribution in [3.05, 3.63) is 45.1 Å². The van der Waals surface area contributed by atoms with Gasteiger partial charge in [0.1, 0.15) is 10.7 Å². The molecule has 2 heterocycles. The third-order valence-corrected chi connectivity index (χ3v) is 3.65. The number of hydrogen-bond acceptors (Lipinski definition) is 8. The molecule has 0 radical (unpaired) electrons. The monoisotopic (exact) mass is 305 g/mol. The molecule has 0 bridgehead atoms. The first kappa shape index (κ1) is 13.1. The zero-order chi connectivity index (χ0) is 15.1. The zero-order valence-electron chi connectivity index (χ0n) is 10.3. The fraction of sp³-hybridized carbons (Fsp3) is 0.0909. The zero-order valence-corrected chi connectivity index (χ0v) is 11.2. The molecular formula is C11H7N5O4S. The van der Waals surface area contributed by atoms with E-state index in [1.807, 2.05) is 0 Å². The summed E-state index contributed by atoms with van der Waals surface area (Å²) >= 11 is 0.959. The number of rotatable bonds is 3. The molecule has 1 aliphatic heterocycles. The second kappa shape index (κ2) is 4.59. The van der Waals surface area contributed by atoms with Crippen LogP contribution in [0.5, 0.6) is 0 Å². The van der Waals surface area contributed by atoms with Crippen molar-refractivity contribution in [2.75, 3.05) is 5.73 Å². The standard InChI is InChI=1S/C11H7N5O4S/c12-9-8(13-14-21-9)4-15-10(17)6-2-1-5(16(19)20)3-7(6)11(15)18/h1-3H,4,12H2. The molecule has 21 heavy (non-hydrogen) atoms. The summed E-state index contributed by atoms with van der Waals surface area (Å²) in [5, 5.41) is 14.8. The number of benzene rings is 1. The molecule has 1 aliphatic rings. The van der Waals surface area contributed by atoms with E-state index in [0.29, 0.717) is 10.7 Å². The molecule has 0 atom stereocenters. The van der Waals surface area contributed by atoms with Crippen molar-refractivity contribution < 1.29 is 14.5 Å². The molecule has 106 valence electrons. The van der Waals surface area contributed by atoms with Crippen LogP contribution in [0.15, 0.2) is 18.2 Å². The predicted molar refractivity (Wildman–Crippen MR) is 71.6 cm³/mol. The van der Waals surface area contributed by atoms with Gasteiger partial charge in [0.15, 0.2) is 0 Å². The number of nitro groups is 1. The summed E-state index contributed by atoms with van der Waals surface area (Å²) in [6, 6.07) is 3.56. The number of hydrogen-bond donors (Lipinski definition) is 1. The summed E-state index contributed by atoms with van der Waals surface area (Å²) in [4.78, 5) is 35.4. The Kier molecular flexibility index (Phi) is 2.87. The Balaban J connectivity index is 1.97. The number of imide groups is 1. The van der Waals surface area contributed by atoms with Crippen LogP contribution < -0.4 is 5.73 Å². The van der Waals surface area contributed by atoms with Gasteiger partial charge in [0.2, 0.25) is 0 Å². The lowest BCUT2D eigenvalue weighted by Gasteiger charge is -2.11. The molecule has 0 unspecified atom stereocenters. The maximum absolute atomic E-state index is 12.2. The third-order valence-electron chi connectivity index (χ3n) is 3.06. The lowest BCUT2D eigenvalue weighted by molar-refractivity contribution is -0.384. The van der Waals surface area contributed by atoms with Crippen molar-refractivity contribution in [1.29, 1.82) is 0 Å². The second-order valence-electron chi connectivity index (χ2n) is 4.27. The molecular weight excluding hydrogens is 298 g/mol.